The maximum absolute atomic E-state index is 12.2. The van der Waals surface area contributed by atoms with Crippen molar-refractivity contribution in [1.29, 1.82) is 0 Å². The largest absolute Gasteiger partial charge is 0.446 e. The van der Waals surface area contributed by atoms with Crippen molar-refractivity contribution < 1.29 is 9.53 Å². The van der Waals surface area contributed by atoms with Crippen LogP contribution in [-0.4, -0.2) is 36.4 Å². The maximum atomic E-state index is 12.2. The molecule has 0 saturated carbocycles. The Bertz CT molecular complexity index is 434. The van der Waals surface area contributed by atoms with Crippen molar-refractivity contribution >= 4 is 30.4 Å². The normalized spacial score (nSPS) is 14.0. The summed E-state index contributed by atoms with van der Waals surface area (Å²) in [5, 5.41) is -0.104. The molecule has 0 N–H and O–H groups in total. The number of hydrogen-bond donors (Lipinski definition) is 1. The van der Waals surface area contributed by atoms with Crippen LogP contribution in [0.1, 0.15) is 32.3 Å². The Morgan fingerprint density at radius 1 is 1.33 bits per heavy atom. The maximum Gasteiger partial charge on any atom is 0.320 e. The number of hydrogen-bond acceptors (Lipinski definition) is 5. The van der Waals surface area contributed by atoms with Crippen molar-refractivity contribution in [1.82, 2.24) is 4.90 Å². The Hall–Kier alpha value is -0.650. The summed E-state index contributed by atoms with van der Waals surface area (Å²) < 4.78 is 5.49. The van der Waals surface area contributed by atoms with Crippen LogP contribution in [0.25, 0.3) is 0 Å². The predicted octanol–water partition coefficient (Wildman–Crippen LogP) is 3.83. The highest BCUT2D eigenvalue weighted by Gasteiger charge is 2.22. The van der Waals surface area contributed by atoms with Gasteiger partial charge in [-0.2, -0.15) is 0 Å². The quantitative estimate of drug-likeness (QED) is 0.446. The van der Waals surface area contributed by atoms with E-state index in [-0.39, 0.29) is 17.4 Å². The van der Waals surface area contributed by atoms with E-state index in [1.807, 2.05) is 50.2 Å². The van der Waals surface area contributed by atoms with Gasteiger partial charge in [-0.15, -0.1) is 24.4 Å². The zero-order valence-corrected chi connectivity index (χ0v) is 14.9. The first kappa shape index (κ1) is 18.4. The van der Waals surface area contributed by atoms with E-state index in [2.05, 4.69) is 19.6 Å². The van der Waals surface area contributed by atoms with E-state index in [0.29, 0.717) is 0 Å². The number of nitrogens with zero attached hydrogens (tertiary/aromatic N) is 1. The summed E-state index contributed by atoms with van der Waals surface area (Å²) in [6, 6.07) is 8.04. The zero-order chi connectivity index (χ0) is 15.8. The summed E-state index contributed by atoms with van der Waals surface area (Å²) in [7, 11) is 3.80. The van der Waals surface area contributed by atoms with Crippen LogP contribution in [0.2, 0.25) is 0 Å². The molecule has 0 aliphatic heterocycles. The molecule has 0 bridgehead atoms. The van der Waals surface area contributed by atoms with Gasteiger partial charge in [0.15, 0.2) is 6.23 Å². The molecule has 3 nitrogen and oxygen atoms in total. The van der Waals surface area contributed by atoms with Gasteiger partial charge in [0.25, 0.3) is 0 Å². The number of benzene rings is 1. The summed E-state index contributed by atoms with van der Waals surface area (Å²) in [4.78, 5) is 15.1. The van der Waals surface area contributed by atoms with Gasteiger partial charge in [-0.25, -0.2) is 0 Å². The van der Waals surface area contributed by atoms with Gasteiger partial charge in [-0.3, -0.25) is 9.69 Å². The lowest BCUT2D eigenvalue weighted by Gasteiger charge is -2.23. The van der Waals surface area contributed by atoms with Gasteiger partial charge < -0.3 is 4.74 Å². The molecule has 1 aromatic carbocycles. The first-order valence-electron chi connectivity index (χ1n) is 7.20. The number of esters is 1. The molecule has 2 unspecified atom stereocenters. The summed E-state index contributed by atoms with van der Waals surface area (Å²) in [5.74, 6) is 0.693. The van der Waals surface area contributed by atoms with Crippen LogP contribution in [-0.2, 0) is 15.3 Å². The lowest BCUT2D eigenvalue weighted by atomic mass is 10.2. The van der Waals surface area contributed by atoms with Gasteiger partial charge in [0.05, 0.1) is 0 Å². The standard InChI is InChI=1S/C16H25NO2S2/c1-5-6-15(16(18)19-12(2)17(3)4)21-11-13-7-9-14(20)10-8-13/h7-10,12,15,20H,5-6,11H2,1-4H3. The van der Waals surface area contributed by atoms with Crippen molar-refractivity contribution in [2.45, 2.75) is 48.8 Å². The minimum Gasteiger partial charge on any atom is -0.446 e. The lowest BCUT2D eigenvalue weighted by Crippen LogP contribution is -2.33. The highest BCUT2D eigenvalue weighted by atomic mass is 32.2. The third-order valence-corrected chi connectivity index (χ3v) is 4.84. The number of rotatable bonds is 8. The molecule has 0 radical (unpaired) electrons. The molecule has 0 fully saturated rings. The van der Waals surface area contributed by atoms with Crippen LogP contribution in [0.4, 0.5) is 0 Å². The first-order chi connectivity index (χ1) is 9.93. The number of ether oxygens (including phenoxy) is 1. The van der Waals surface area contributed by atoms with Crippen molar-refractivity contribution in [3.8, 4) is 0 Å². The van der Waals surface area contributed by atoms with Crippen molar-refractivity contribution in [2.75, 3.05) is 14.1 Å². The van der Waals surface area contributed by atoms with E-state index in [4.69, 9.17) is 4.74 Å². The van der Waals surface area contributed by atoms with Gasteiger partial charge in [-0.1, -0.05) is 25.5 Å². The molecule has 0 heterocycles. The van der Waals surface area contributed by atoms with Crippen LogP contribution in [0.5, 0.6) is 0 Å². The molecule has 5 heteroatoms. The fraction of sp³-hybridized carbons (Fsp3) is 0.562. The van der Waals surface area contributed by atoms with E-state index in [1.165, 1.54) is 5.56 Å². The molecule has 1 rings (SSSR count). The molecule has 0 spiro atoms. The molecule has 0 saturated heterocycles. The summed E-state index contributed by atoms with van der Waals surface area (Å²) in [6.07, 6.45) is 1.62. The Balaban J connectivity index is 2.56. The summed E-state index contributed by atoms with van der Waals surface area (Å²) in [6.45, 7) is 3.98. The number of carbonyl (C=O) groups is 1. The van der Waals surface area contributed by atoms with Crippen LogP contribution >= 0.6 is 24.4 Å². The third kappa shape index (κ3) is 6.76. The Kier molecular flexibility index (Phi) is 8.22. The SMILES string of the molecule is CCCC(SCc1ccc(S)cc1)C(=O)OC(C)N(C)C. The molecule has 21 heavy (non-hydrogen) atoms. The second kappa shape index (κ2) is 9.38. The van der Waals surface area contributed by atoms with E-state index < -0.39 is 0 Å². The second-order valence-electron chi connectivity index (χ2n) is 5.25. The molecule has 2 atom stereocenters. The molecule has 118 valence electrons. The Morgan fingerprint density at radius 3 is 2.48 bits per heavy atom. The van der Waals surface area contributed by atoms with Gasteiger partial charge >= 0.3 is 5.97 Å². The molecular formula is C16H25NO2S2. The van der Waals surface area contributed by atoms with E-state index in [1.54, 1.807) is 11.8 Å². The smallest absolute Gasteiger partial charge is 0.320 e. The topological polar surface area (TPSA) is 29.5 Å². The zero-order valence-electron chi connectivity index (χ0n) is 13.2. The highest BCUT2D eigenvalue weighted by molar-refractivity contribution is 7.99. The summed E-state index contributed by atoms with van der Waals surface area (Å²) >= 11 is 5.93. The summed E-state index contributed by atoms with van der Waals surface area (Å²) in [5.41, 5.74) is 1.20. The highest BCUT2D eigenvalue weighted by Crippen LogP contribution is 2.24. The Morgan fingerprint density at radius 2 is 1.95 bits per heavy atom. The third-order valence-electron chi connectivity index (χ3n) is 3.22. The van der Waals surface area contributed by atoms with E-state index in [9.17, 15) is 4.79 Å². The first-order valence-corrected chi connectivity index (χ1v) is 8.70. The average Bonchev–Trinajstić information content (AvgIpc) is 2.44. The van der Waals surface area contributed by atoms with Crippen molar-refractivity contribution in [2.24, 2.45) is 0 Å². The van der Waals surface area contributed by atoms with Gasteiger partial charge in [0, 0.05) is 10.6 Å². The lowest BCUT2D eigenvalue weighted by molar-refractivity contribution is -0.154. The van der Waals surface area contributed by atoms with Crippen LogP contribution < -0.4 is 0 Å². The van der Waals surface area contributed by atoms with Crippen molar-refractivity contribution in [3.63, 3.8) is 0 Å². The molecular weight excluding hydrogens is 302 g/mol. The van der Waals surface area contributed by atoms with Crippen molar-refractivity contribution in [3.05, 3.63) is 29.8 Å². The molecule has 0 amide bonds. The minimum absolute atomic E-state index is 0.104. The fourth-order valence-electron chi connectivity index (χ4n) is 1.67. The van der Waals surface area contributed by atoms with Crippen LogP contribution in [0, 0.1) is 0 Å². The molecule has 0 aliphatic rings. The predicted molar refractivity (Wildman–Crippen MR) is 92.9 cm³/mol. The number of thioether (sulfide) groups is 1. The van der Waals surface area contributed by atoms with Gasteiger partial charge in [0.1, 0.15) is 5.25 Å². The molecule has 0 aromatic heterocycles. The molecule has 0 aliphatic carbocycles. The number of thiol groups is 1. The second-order valence-corrected chi connectivity index (χ2v) is 6.96. The van der Waals surface area contributed by atoms with E-state index >= 15 is 0 Å². The van der Waals surface area contributed by atoms with E-state index in [0.717, 1.165) is 23.5 Å². The average molecular weight is 328 g/mol. The molecule has 1 aromatic rings. The monoisotopic (exact) mass is 327 g/mol. The number of carbonyl (C=O) groups excluding carboxylic acids is 1. The Labute approximate surface area is 137 Å². The minimum atomic E-state index is -0.194. The fourth-order valence-corrected chi connectivity index (χ4v) is 3.00. The van der Waals surface area contributed by atoms with Crippen LogP contribution in [0.3, 0.4) is 0 Å². The van der Waals surface area contributed by atoms with Crippen LogP contribution in [0.15, 0.2) is 29.2 Å². The van der Waals surface area contributed by atoms with Gasteiger partial charge in [-0.05, 0) is 45.1 Å². The van der Waals surface area contributed by atoms with Gasteiger partial charge in [0.2, 0.25) is 0 Å².